The molecule has 2 bridgehead atoms. The first-order chi connectivity index (χ1) is 6.14. The molecule has 0 radical (unpaired) electrons. The van der Waals surface area contributed by atoms with Crippen LogP contribution in [0.1, 0.15) is 27.2 Å². The molecule has 3 heteroatoms. The van der Waals surface area contributed by atoms with Crippen LogP contribution in [0.15, 0.2) is 0 Å². The Hall–Kier alpha value is -0.120. The maximum Gasteiger partial charge on any atom is 0.229 e. The van der Waals surface area contributed by atoms with Gasteiger partial charge >= 0.3 is 0 Å². The first kappa shape index (κ1) is 9.44. The predicted octanol–water partition coefficient (Wildman–Crippen LogP) is 1.44. The zero-order valence-corrected chi connectivity index (χ0v) is 8.80. The first-order valence-corrected chi connectivity index (χ1v) is 5.17. The van der Waals surface area contributed by atoms with E-state index in [0.29, 0.717) is 0 Å². The minimum Gasteiger partial charge on any atom is -0.337 e. The molecule has 3 fully saturated rings. The Bertz CT molecular complexity index is 197. The van der Waals surface area contributed by atoms with Crippen LogP contribution >= 0.6 is 0 Å². The maximum absolute atomic E-state index is 5.82. The molecule has 0 unspecified atom stereocenters. The van der Waals surface area contributed by atoms with Gasteiger partial charge in [0.05, 0.1) is 13.2 Å². The molecule has 0 atom stereocenters. The minimum atomic E-state index is -0.396. The fourth-order valence-electron chi connectivity index (χ4n) is 2.29. The van der Waals surface area contributed by atoms with Gasteiger partial charge in [-0.05, 0) is 0 Å². The number of rotatable bonds is 2. The molecule has 76 valence electrons. The van der Waals surface area contributed by atoms with Crippen LogP contribution in [0.25, 0.3) is 0 Å². The van der Waals surface area contributed by atoms with Gasteiger partial charge in [0.15, 0.2) is 0 Å². The van der Waals surface area contributed by atoms with Crippen molar-refractivity contribution in [1.29, 1.82) is 0 Å². The van der Waals surface area contributed by atoms with Crippen LogP contribution in [0, 0.1) is 5.41 Å². The molecule has 3 heterocycles. The lowest BCUT2D eigenvalue weighted by molar-refractivity contribution is -0.406. The summed E-state index contributed by atoms with van der Waals surface area (Å²) < 4.78 is 11.6. The Morgan fingerprint density at radius 2 is 1.85 bits per heavy atom. The van der Waals surface area contributed by atoms with Gasteiger partial charge in [0.2, 0.25) is 5.91 Å². The van der Waals surface area contributed by atoms with Crippen molar-refractivity contribution in [1.82, 2.24) is 4.90 Å². The Morgan fingerprint density at radius 1 is 1.23 bits per heavy atom. The summed E-state index contributed by atoms with van der Waals surface area (Å²) in [6.45, 7) is 10.3. The molecule has 0 aliphatic carbocycles. The van der Waals surface area contributed by atoms with Gasteiger partial charge in [0.25, 0.3) is 0 Å². The van der Waals surface area contributed by atoms with Gasteiger partial charge in [0, 0.05) is 24.9 Å². The third-order valence-electron chi connectivity index (χ3n) is 3.18. The van der Waals surface area contributed by atoms with E-state index < -0.39 is 5.91 Å². The SMILES string of the molecule is CCN1CC2(C)COC1(CC)OC2. The van der Waals surface area contributed by atoms with Crippen molar-refractivity contribution in [3.05, 3.63) is 0 Å². The second-order valence-corrected chi connectivity index (χ2v) is 4.47. The van der Waals surface area contributed by atoms with Crippen LogP contribution < -0.4 is 0 Å². The summed E-state index contributed by atoms with van der Waals surface area (Å²) in [6.07, 6.45) is 0.914. The van der Waals surface area contributed by atoms with Crippen molar-refractivity contribution in [2.45, 2.75) is 33.1 Å². The van der Waals surface area contributed by atoms with Gasteiger partial charge < -0.3 is 9.47 Å². The Morgan fingerprint density at radius 3 is 2.31 bits per heavy atom. The molecule has 3 rings (SSSR count). The van der Waals surface area contributed by atoms with E-state index in [4.69, 9.17) is 9.47 Å². The predicted molar refractivity (Wildman–Crippen MR) is 50.3 cm³/mol. The third kappa shape index (κ3) is 1.30. The minimum absolute atomic E-state index is 0.215. The smallest absolute Gasteiger partial charge is 0.229 e. The van der Waals surface area contributed by atoms with E-state index in [1.54, 1.807) is 0 Å². The quantitative estimate of drug-likeness (QED) is 0.649. The topological polar surface area (TPSA) is 21.7 Å². The molecule has 3 saturated heterocycles. The highest BCUT2D eigenvalue weighted by Crippen LogP contribution is 2.41. The van der Waals surface area contributed by atoms with Crippen LogP contribution in [0.3, 0.4) is 0 Å². The van der Waals surface area contributed by atoms with E-state index in [0.717, 1.165) is 32.7 Å². The lowest BCUT2D eigenvalue weighted by Crippen LogP contribution is -2.67. The zero-order valence-electron chi connectivity index (χ0n) is 8.80. The molecule has 3 aliphatic rings. The van der Waals surface area contributed by atoms with E-state index in [-0.39, 0.29) is 5.41 Å². The highest BCUT2D eigenvalue weighted by Gasteiger charge is 2.52. The number of nitrogens with zero attached hydrogens (tertiary/aromatic N) is 1. The largest absolute Gasteiger partial charge is 0.337 e. The first-order valence-electron chi connectivity index (χ1n) is 5.17. The van der Waals surface area contributed by atoms with Crippen molar-refractivity contribution in [2.75, 3.05) is 26.3 Å². The van der Waals surface area contributed by atoms with E-state index in [2.05, 4.69) is 25.7 Å². The second-order valence-electron chi connectivity index (χ2n) is 4.47. The van der Waals surface area contributed by atoms with Crippen molar-refractivity contribution >= 4 is 0 Å². The standard InChI is InChI=1S/C10H19NO2/c1-4-10-11(5-2)6-9(3,7-12-10)8-13-10/h4-8H2,1-3H3. The molecule has 0 amide bonds. The van der Waals surface area contributed by atoms with Crippen LogP contribution in [-0.2, 0) is 9.47 Å². The average Bonchev–Trinajstić information content (AvgIpc) is 2.18. The Labute approximate surface area is 80.0 Å². The van der Waals surface area contributed by atoms with Crippen LogP contribution in [0.5, 0.6) is 0 Å². The van der Waals surface area contributed by atoms with E-state index >= 15 is 0 Å². The van der Waals surface area contributed by atoms with Gasteiger partial charge in [-0.2, -0.15) is 0 Å². The molecule has 0 aromatic rings. The highest BCUT2D eigenvalue weighted by atomic mass is 16.7. The van der Waals surface area contributed by atoms with Crippen molar-refractivity contribution in [3.63, 3.8) is 0 Å². The highest BCUT2D eigenvalue weighted by molar-refractivity contribution is 4.92. The molecule has 0 spiro atoms. The van der Waals surface area contributed by atoms with Crippen molar-refractivity contribution in [3.8, 4) is 0 Å². The molecule has 0 aromatic carbocycles. The van der Waals surface area contributed by atoms with Gasteiger partial charge in [-0.3, -0.25) is 4.90 Å². The molecule has 13 heavy (non-hydrogen) atoms. The van der Waals surface area contributed by atoms with Gasteiger partial charge in [-0.25, -0.2) is 0 Å². The summed E-state index contributed by atoms with van der Waals surface area (Å²) >= 11 is 0. The van der Waals surface area contributed by atoms with Gasteiger partial charge in [0.1, 0.15) is 0 Å². The number of hydrogen-bond acceptors (Lipinski definition) is 3. The lowest BCUT2D eigenvalue weighted by Gasteiger charge is -2.57. The summed E-state index contributed by atoms with van der Waals surface area (Å²) in [6, 6.07) is 0. The zero-order chi connectivity index (χ0) is 9.53. The summed E-state index contributed by atoms with van der Waals surface area (Å²) in [5.74, 6) is -0.396. The second kappa shape index (κ2) is 2.94. The van der Waals surface area contributed by atoms with Crippen LogP contribution in [0.2, 0.25) is 0 Å². The average molecular weight is 185 g/mol. The summed E-state index contributed by atoms with van der Waals surface area (Å²) in [7, 11) is 0. The fraction of sp³-hybridized carbons (Fsp3) is 1.00. The normalized spacial score (nSPS) is 45.5. The van der Waals surface area contributed by atoms with Gasteiger partial charge in [-0.15, -0.1) is 0 Å². The van der Waals surface area contributed by atoms with E-state index in [1.165, 1.54) is 0 Å². The lowest BCUT2D eigenvalue weighted by atomic mass is 9.87. The third-order valence-corrected chi connectivity index (χ3v) is 3.18. The van der Waals surface area contributed by atoms with Crippen LogP contribution in [-0.4, -0.2) is 37.1 Å². The van der Waals surface area contributed by atoms with Crippen molar-refractivity contribution < 1.29 is 9.47 Å². The Balaban J connectivity index is 2.20. The summed E-state index contributed by atoms with van der Waals surface area (Å²) in [5.41, 5.74) is 0.215. The molecular formula is C10H19NO2. The molecule has 0 saturated carbocycles. The number of fused-ring (bicyclic) bond motifs is 3. The molecule has 3 nitrogen and oxygen atoms in total. The van der Waals surface area contributed by atoms with Gasteiger partial charge in [-0.1, -0.05) is 20.8 Å². The monoisotopic (exact) mass is 185 g/mol. The van der Waals surface area contributed by atoms with E-state index in [1.807, 2.05) is 0 Å². The molecular weight excluding hydrogens is 166 g/mol. The molecule has 0 N–H and O–H groups in total. The number of ether oxygens (including phenoxy) is 2. The van der Waals surface area contributed by atoms with Crippen LogP contribution in [0.4, 0.5) is 0 Å². The molecule has 3 aliphatic heterocycles. The Kier molecular flexibility index (Phi) is 2.13. The summed E-state index contributed by atoms with van der Waals surface area (Å²) in [4.78, 5) is 2.31. The number of hydrogen-bond donors (Lipinski definition) is 0. The maximum atomic E-state index is 5.82. The fourth-order valence-corrected chi connectivity index (χ4v) is 2.29. The van der Waals surface area contributed by atoms with Crippen molar-refractivity contribution in [2.24, 2.45) is 5.41 Å². The summed E-state index contributed by atoms with van der Waals surface area (Å²) in [5, 5.41) is 0. The molecule has 0 aromatic heterocycles. The van der Waals surface area contributed by atoms with E-state index in [9.17, 15) is 0 Å².